The number of rotatable bonds is 6. The Balaban J connectivity index is 1.52. The Morgan fingerprint density at radius 3 is 2.71 bits per heavy atom. The third-order valence-electron chi connectivity index (χ3n) is 4.39. The number of aryl methyl sites for hydroxylation is 1. The normalized spacial score (nSPS) is 11.6. The van der Waals surface area contributed by atoms with Gasteiger partial charge in [0.2, 0.25) is 5.91 Å². The van der Waals surface area contributed by atoms with Crippen LogP contribution in [-0.4, -0.2) is 17.5 Å². The lowest BCUT2D eigenvalue weighted by Crippen LogP contribution is -2.12. The molecule has 3 rings (SSSR count). The largest absolute Gasteiger partial charge is 0.492 e. The molecule has 0 unspecified atom stereocenters. The summed E-state index contributed by atoms with van der Waals surface area (Å²) in [5, 5.41) is 3.56. The molecular weight excluding hydrogens is 436 g/mol. The van der Waals surface area contributed by atoms with Crippen LogP contribution in [0.5, 0.6) is 5.75 Å². The van der Waals surface area contributed by atoms with Gasteiger partial charge < -0.3 is 10.1 Å². The van der Waals surface area contributed by atoms with E-state index in [0.29, 0.717) is 24.6 Å². The highest BCUT2D eigenvalue weighted by atomic mass is 79.9. The van der Waals surface area contributed by atoms with Gasteiger partial charge in [-0.2, -0.15) is 0 Å². The van der Waals surface area contributed by atoms with Gasteiger partial charge in [-0.15, -0.1) is 0 Å². The molecule has 1 aromatic heterocycles. The van der Waals surface area contributed by atoms with E-state index in [1.807, 2.05) is 31.2 Å². The molecule has 28 heavy (non-hydrogen) atoms. The minimum atomic E-state index is -0.0401. The van der Waals surface area contributed by atoms with Crippen molar-refractivity contribution in [3.8, 4) is 5.75 Å². The van der Waals surface area contributed by atoms with E-state index >= 15 is 0 Å². The standard InChI is InChI=1S/C22H25BrN2O2S/c1-14-7-10-18(16(23)12-14)27-11-5-6-20(26)25-21-24-17-9-8-15(22(2,3)4)13-19(17)28-21/h7-10,12-13H,5-6,11H2,1-4H3,(H,24,25,26). The number of hydrogen-bond acceptors (Lipinski definition) is 4. The first-order chi connectivity index (χ1) is 13.2. The van der Waals surface area contributed by atoms with Gasteiger partial charge in [-0.05, 0) is 70.1 Å². The third kappa shape index (κ3) is 5.32. The SMILES string of the molecule is Cc1ccc(OCCCC(=O)Nc2nc3ccc(C(C)(C)C)cc3s2)c(Br)c1. The van der Waals surface area contributed by atoms with E-state index < -0.39 is 0 Å². The molecule has 1 heterocycles. The number of nitrogens with zero attached hydrogens (tertiary/aromatic N) is 1. The first-order valence-corrected chi connectivity index (χ1v) is 10.9. The van der Waals surface area contributed by atoms with Gasteiger partial charge in [-0.25, -0.2) is 4.98 Å². The summed E-state index contributed by atoms with van der Waals surface area (Å²) in [5.74, 6) is 0.758. The molecule has 6 heteroatoms. The first-order valence-electron chi connectivity index (χ1n) is 9.32. The van der Waals surface area contributed by atoms with E-state index in [4.69, 9.17) is 4.74 Å². The number of ether oxygens (including phenoxy) is 1. The van der Waals surface area contributed by atoms with E-state index in [1.165, 1.54) is 22.5 Å². The predicted molar refractivity (Wildman–Crippen MR) is 121 cm³/mol. The van der Waals surface area contributed by atoms with Gasteiger partial charge in [0.05, 0.1) is 21.3 Å². The zero-order valence-corrected chi connectivity index (χ0v) is 19.0. The lowest BCUT2D eigenvalue weighted by atomic mass is 9.87. The fraction of sp³-hybridized carbons (Fsp3) is 0.364. The molecule has 4 nitrogen and oxygen atoms in total. The number of carbonyl (C=O) groups is 1. The van der Waals surface area contributed by atoms with E-state index in [0.717, 1.165) is 20.4 Å². The summed E-state index contributed by atoms with van der Waals surface area (Å²) in [7, 11) is 0. The second-order valence-electron chi connectivity index (χ2n) is 7.89. The van der Waals surface area contributed by atoms with Crippen LogP contribution < -0.4 is 10.1 Å². The van der Waals surface area contributed by atoms with Crippen LogP contribution >= 0.6 is 27.3 Å². The number of carbonyl (C=O) groups excluding carboxylic acids is 1. The molecule has 0 radical (unpaired) electrons. The molecule has 1 amide bonds. The second kappa shape index (κ2) is 8.62. The number of anilines is 1. The maximum Gasteiger partial charge on any atom is 0.226 e. The smallest absolute Gasteiger partial charge is 0.226 e. The van der Waals surface area contributed by atoms with E-state index in [-0.39, 0.29) is 11.3 Å². The van der Waals surface area contributed by atoms with Gasteiger partial charge in [0.15, 0.2) is 5.13 Å². The lowest BCUT2D eigenvalue weighted by Gasteiger charge is -2.18. The summed E-state index contributed by atoms with van der Waals surface area (Å²) in [4.78, 5) is 16.7. The summed E-state index contributed by atoms with van der Waals surface area (Å²) >= 11 is 5.01. The minimum absolute atomic E-state index is 0.0401. The number of hydrogen-bond donors (Lipinski definition) is 1. The van der Waals surface area contributed by atoms with Crippen molar-refractivity contribution in [1.29, 1.82) is 0 Å². The average Bonchev–Trinajstić information content (AvgIpc) is 3.00. The van der Waals surface area contributed by atoms with Crippen LogP contribution in [0, 0.1) is 6.92 Å². The summed E-state index contributed by atoms with van der Waals surface area (Å²) in [6.07, 6.45) is 1.04. The number of thiazole rings is 1. The zero-order valence-electron chi connectivity index (χ0n) is 16.6. The van der Waals surface area contributed by atoms with Gasteiger partial charge >= 0.3 is 0 Å². The van der Waals surface area contributed by atoms with Crippen molar-refractivity contribution in [3.05, 3.63) is 52.0 Å². The summed E-state index contributed by atoms with van der Waals surface area (Å²) in [6.45, 7) is 9.09. The Morgan fingerprint density at radius 1 is 1.21 bits per heavy atom. The van der Waals surface area contributed by atoms with Gasteiger partial charge in [0.25, 0.3) is 0 Å². The summed E-state index contributed by atoms with van der Waals surface area (Å²) in [5.41, 5.74) is 3.44. The highest BCUT2D eigenvalue weighted by Gasteiger charge is 2.15. The summed E-state index contributed by atoms with van der Waals surface area (Å²) < 4.78 is 7.77. The Hall–Kier alpha value is -1.92. The summed E-state index contributed by atoms with van der Waals surface area (Å²) in [6, 6.07) is 12.2. The van der Waals surface area contributed by atoms with Crippen LogP contribution in [-0.2, 0) is 10.2 Å². The Bertz CT molecular complexity index is 992. The molecule has 0 spiro atoms. The maximum atomic E-state index is 12.2. The van der Waals surface area contributed by atoms with Crippen molar-refractivity contribution in [2.75, 3.05) is 11.9 Å². The highest BCUT2D eigenvalue weighted by Crippen LogP contribution is 2.31. The van der Waals surface area contributed by atoms with Crippen molar-refractivity contribution >= 4 is 48.5 Å². The molecule has 3 aromatic rings. The Kier molecular flexibility index (Phi) is 6.40. The van der Waals surface area contributed by atoms with Gasteiger partial charge in [0, 0.05) is 6.42 Å². The van der Waals surface area contributed by atoms with Crippen LogP contribution in [0.1, 0.15) is 44.7 Å². The third-order valence-corrected chi connectivity index (χ3v) is 5.95. The van der Waals surface area contributed by atoms with Crippen LogP contribution in [0.15, 0.2) is 40.9 Å². The van der Waals surface area contributed by atoms with Crippen LogP contribution in [0.25, 0.3) is 10.2 Å². The van der Waals surface area contributed by atoms with Crippen LogP contribution in [0.4, 0.5) is 5.13 Å². The van der Waals surface area contributed by atoms with Gasteiger partial charge in [-0.1, -0.05) is 44.2 Å². The fourth-order valence-corrected chi connectivity index (χ4v) is 4.29. The Morgan fingerprint density at radius 2 is 2.00 bits per heavy atom. The van der Waals surface area contributed by atoms with Crippen molar-refractivity contribution in [2.45, 2.75) is 46.0 Å². The molecule has 0 bridgehead atoms. The van der Waals surface area contributed by atoms with Gasteiger partial charge in [0.1, 0.15) is 5.75 Å². The molecule has 148 valence electrons. The molecule has 0 aliphatic rings. The lowest BCUT2D eigenvalue weighted by molar-refractivity contribution is -0.116. The zero-order chi connectivity index (χ0) is 20.3. The average molecular weight is 461 g/mol. The first kappa shape index (κ1) is 20.8. The Labute approximate surface area is 178 Å². The van der Waals surface area contributed by atoms with E-state index in [2.05, 4.69) is 59.1 Å². The molecule has 0 atom stereocenters. The molecule has 0 fully saturated rings. The number of amides is 1. The van der Waals surface area contributed by atoms with E-state index in [1.54, 1.807) is 0 Å². The molecular formula is C22H25BrN2O2S. The predicted octanol–water partition coefficient (Wildman–Crippen LogP) is 6.46. The molecule has 0 saturated carbocycles. The van der Waals surface area contributed by atoms with Crippen molar-refractivity contribution in [1.82, 2.24) is 4.98 Å². The molecule has 1 N–H and O–H groups in total. The number of benzene rings is 2. The van der Waals surface area contributed by atoms with E-state index in [9.17, 15) is 4.79 Å². The fourth-order valence-electron chi connectivity index (χ4n) is 2.76. The molecule has 0 saturated heterocycles. The van der Waals surface area contributed by atoms with Crippen molar-refractivity contribution < 1.29 is 9.53 Å². The van der Waals surface area contributed by atoms with Gasteiger partial charge in [-0.3, -0.25) is 4.79 Å². The number of halogens is 1. The number of nitrogens with one attached hydrogen (secondary N) is 1. The van der Waals surface area contributed by atoms with Crippen LogP contribution in [0.2, 0.25) is 0 Å². The van der Waals surface area contributed by atoms with Crippen molar-refractivity contribution in [2.24, 2.45) is 0 Å². The topological polar surface area (TPSA) is 51.2 Å². The maximum absolute atomic E-state index is 12.2. The van der Waals surface area contributed by atoms with Crippen LogP contribution in [0.3, 0.4) is 0 Å². The quantitative estimate of drug-likeness (QED) is 0.429. The number of fused-ring (bicyclic) bond motifs is 1. The number of aromatic nitrogens is 1. The minimum Gasteiger partial charge on any atom is -0.492 e. The molecule has 2 aromatic carbocycles. The van der Waals surface area contributed by atoms with Crippen molar-refractivity contribution in [3.63, 3.8) is 0 Å². The molecule has 0 aliphatic heterocycles. The monoisotopic (exact) mass is 460 g/mol. The molecule has 0 aliphatic carbocycles. The second-order valence-corrected chi connectivity index (χ2v) is 9.77. The highest BCUT2D eigenvalue weighted by molar-refractivity contribution is 9.10.